The number of guanidine groups is 1. The van der Waals surface area contributed by atoms with E-state index in [1.807, 2.05) is 29.2 Å². The minimum Gasteiger partial charge on any atom is -0.496 e. The van der Waals surface area contributed by atoms with Crippen LogP contribution in [0.1, 0.15) is 38.3 Å². The molecule has 3 rings (SSSR count). The first-order valence-electron chi connectivity index (χ1n) is 11.1. The Kier molecular flexibility index (Phi) is 8.56. The molecule has 164 valence electrons. The summed E-state index contributed by atoms with van der Waals surface area (Å²) in [6, 6.07) is 10.6. The number of aliphatic imine (C=N–C) groups is 1. The second-order valence-corrected chi connectivity index (χ2v) is 7.93. The summed E-state index contributed by atoms with van der Waals surface area (Å²) < 4.78 is 7.62. The zero-order valence-electron chi connectivity index (χ0n) is 18.6. The summed E-state index contributed by atoms with van der Waals surface area (Å²) in [6.45, 7) is 9.80. The number of para-hydroxylation sites is 1. The lowest BCUT2D eigenvalue weighted by molar-refractivity contribution is 0.239. The molecule has 0 amide bonds. The molecule has 1 aliphatic rings. The highest BCUT2D eigenvalue weighted by Gasteiger charge is 2.26. The Morgan fingerprint density at radius 3 is 2.70 bits per heavy atom. The maximum atomic E-state index is 5.66. The second-order valence-electron chi connectivity index (χ2n) is 7.93. The number of likely N-dealkylation sites (tertiary alicyclic amines) is 1. The number of methoxy groups -OCH3 is 1. The molecule has 0 aliphatic carbocycles. The third kappa shape index (κ3) is 6.23. The van der Waals surface area contributed by atoms with Gasteiger partial charge in [0.15, 0.2) is 5.96 Å². The molecule has 7 heteroatoms. The SMILES string of the molecule is CCNC(=NCC(C)Cn1cccn1)NCC(c1ccccc1OC)N1CCCC1. The Balaban J connectivity index is 1.66. The van der Waals surface area contributed by atoms with Crippen LogP contribution < -0.4 is 15.4 Å². The Bertz CT molecular complexity index is 770. The van der Waals surface area contributed by atoms with E-state index < -0.39 is 0 Å². The van der Waals surface area contributed by atoms with Crippen molar-refractivity contribution in [1.29, 1.82) is 0 Å². The molecule has 2 aromatic rings. The molecule has 2 unspecified atom stereocenters. The molecule has 0 spiro atoms. The van der Waals surface area contributed by atoms with Crippen molar-refractivity contribution < 1.29 is 4.74 Å². The molecule has 0 bridgehead atoms. The average Bonchev–Trinajstić information content (AvgIpc) is 3.47. The highest BCUT2D eigenvalue weighted by Crippen LogP contribution is 2.31. The monoisotopic (exact) mass is 412 g/mol. The van der Waals surface area contributed by atoms with Gasteiger partial charge in [-0.1, -0.05) is 25.1 Å². The van der Waals surface area contributed by atoms with E-state index >= 15 is 0 Å². The minimum atomic E-state index is 0.258. The van der Waals surface area contributed by atoms with Gasteiger partial charge in [-0.15, -0.1) is 0 Å². The Labute approximate surface area is 180 Å². The summed E-state index contributed by atoms with van der Waals surface area (Å²) in [4.78, 5) is 7.38. The van der Waals surface area contributed by atoms with Gasteiger partial charge >= 0.3 is 0 Å². The van der Waals surface area contributed by atoms with Crippen molar-refractivity contribution in [3.63, 3.8) is 0 Å². The van der Waals surface area contributed by atoms with E-state index in [1.165, 1.54) is 18.4 Å². The van der Waals surface area contributed by atoms with Crippen LogP contribution >= 0.6 is 0 Å². The number of hydrogen-bond acceptors (Lipinski definition) is 4. The van der Waals surface area contributed by atoms with Gasteiger partial charge in [0.05, 0.1) is 13.2 Å². The van der Waals surface area contributed by atoms with Gasteiger partial charge in [-0.25, -0.2) is 0 Å². The Morgan fingerprint density at radius 2 is 2.00 bits per heavy atom. The second kappa shape index (κ2) is 11.6. The van der Waals surface area contributed by atoms with Gasteiger partial charge in [-0.2, -0.15) is 5.10 Å². The fourth-order valence-electron chi connectivity index (χ4n) is 4.00. The summed E-state index contributed by atoms with van der Waals surface area (Å²) in [5.41, 5.74) is 1.23. The van der Waals surface area contributed by atoms with Crippen LogP contribution in [-0.2, 0) is 6.54 Å². The predicted octanol–water partition coefficient (Wildman–Crippen LogP) is 2.92. The van der Waals surface area contributed by atoms with Gasteiger partial charge in [0.25, 0.3) is 0 Å². The molecule has 7 nitrogen and oxygen atoms in total. The molecule has 2 atom stereocenters. The maximum Gasteiger partial charge on any atom is 0.191 e. The van der Waals surface area contributed by atoms with Crippen LogP contribution in [0.25, 0.3) is 0 Å². The maximum absolute atomic E-state index is 5.66. The summed E-state index contributed by atoms with van der Waals surface area (Å²) in [5.74, 6) is 2.22. The number of nitrogens with zero attached hydrogens (tertiary/aromatic N) is 4. The number of nitrogens with one attached hydrogen (secondary N) is 2. The van der Waals surface area contributed by atoms with Crippen LogP contribution in [0, 0.1) is 5.92 Å². The molecule has 2 N–H and O–H groups in total. The molecule has 1 aromatic heterocycles. The first kappa shape index (κ1) is 22.2. The van der Waals surface area contributed by atoms with E-state index in [2.05, 4.69) is 52.7 Å². The van der Waals surface area contributed by atoms with Crippen molar-refractivity contribution in [3.05, 3.63) is 48.3 Å². The fourth-order valence-corrected chi connectivity index (χ4v) is 4.00. The quantitative estimate of drug-likeness (QED) is 0.464. The van der Waals surface area contributed by atoms with Crippen molar-refractivity contribution in [2.24, 2.45) is 10.9 Å². The molecular weight excluding hydrogens is 376 g/mol. The van der Waals surface area contributed by atoms with Gasteiger partial charge in [0, 0.05) is 44.1 Å². The molecule has 1 saturated heterocycles. The van der Waals surface area contributed by atoms with E-state index in [-0.39, 0.29) is 6.04 Å². The third-order valence-electron chi connectivity index (χ3n) is 5.51. The number of ether oxygens (including phenoxy) is 1. The van der Waals surface area contributed by atoms with Crippen LogP contribution in [0.4, 0.5) is 0 Å². The van der Waals surface area contributed by atoms with Crippen molar-refractivity contribution in [2.45, 2.75) is 39.3 Å². The Morgan fingerprint density at radius 1 is 1.20 bits per heavy atom. The minimum absolute atomic E-state index is 0.258. The first-order chi connectivity index (χ1) is 14.7. The topological polar surface area (TPSA) is 66.7 Å². The zero-order chi connectivity index (χ0) is 21.2. The zero-order valence-corrected chi connectivity index (χ0v) is 18.6. The lowest BCUT2D eigenvalue weighted by Gasteiger charge is -2.30. The largest absolute Gasteiger partial charge is 0.496 e. The molecule has 1 aromatic carbocycles. The Hall–Kier alpha value is -2.54. The highest BCUT2D eigenvalue weighted by molar-refractivity contribution is 5.79. The van der Waals surface area contributed by atoms with E-state index in [9.17, 15) is 0 Å². The average molecular weight is 413 g/mol. The van der Waals surface area contributed by atoms with E-state index in [0.717, 1.165) is 51.0 Å². The van der Waals surface area contributed by atoms with Crippen LogP contribution in [0.15, 0.2) is 47.7 Å². The fraction of sp³-hybridized carbons (Fsp3) is 0.565. The van der Waals surface area contributed by atoms with E-state index in [4.69, 9.17) is 9.73 Å². The molecule has 0 radical (unpaired) electrons. The number of rotatable bonds is 10. The lowest BCUT2D eigenvalue weighted by Crippen LogP contribution is -2.43. The third-order valence-corrected chi connectivity index (χ3v) is 5.51. The molecule has 1 fully saturated rings. The van der Waals surface area contributed by atoms with Gasteiger partial charge in [0.1, 0.15) is 5.75 Å². The summed E-state index contributed by atoms with van der Waals surface area (Å²) >= 11 is 0. The summed E-state index contributed by atoms with van der Waals surface area (Å²) in [5, 5.41) is 11.3. The van der Waals surface area contributed by atoms with Gasteiger partial charge in [0.2, 0.25) is 0 Å². The van der Waals surface area contributed by atoms with Crippen LogP contribution in [-0.4, -0.2) is 60.5 Å². The highest BCUT2D eigenvalue weighted by atomic mass is 16.5. The predicted molar refractivity (Wildman–Crippen MR) is 122 cm³/mol. The van der Waals surface area contributed by atoms with Gasteiger partial charge in [-0.3, -0.25) is 14.6 Å². The van der Waals surface area contributed by atoms with Gasteiger partial charge in [-0.05, 0) is 50.9 Å². The standard InChI is InChI=1S/C23H36N6O/c1-4-24-23(25-16-19(2)18-29-15-9-12-27-29)26-17-21(28-13-7-8-14-28)20-10-5-6-11-22(20)30-3/h5-6,9-12,15,19,21H,4,7-8,13-14,16-18H2,1-3H3,(H2,24,25,26). The van der Waals surface area contributed by atoms with E-state index in [1.54, 1.807) is 7.11 Å². The molecule has 1 aliphatic heterocycles. The number of benzene rings is 1. The molecule has 0 saturated carbocycles. The van der Waals surface area contributed by atoms with Crippen molar-refractivity contribution in [1.82, 2.24) is 25.3 Å². The van der Waals surface area contributed by atoms with Crippen LogP contribution in [0.2, 0.25) is 0 Å². The molecular formula is C23H36N6O. The number of aromatic nitrogens is 2. The number of hydrogen-bond donors (Lipinski definition) is 2. The first-order valence-corrected chi connectivity index (χ1v) is 11.1. The molecule has 2 heterocycles. The van der Waals surface area contributed by atoms with E-state index in [0.29, 0.717) is 5.92 Å². The summed E-state index contributed by atoms with van der Waals surface area (Å²) in [7, 11) is 1.75. The van der Waals surface area contributed by atoms with Crippen molar-refractivity contribution in [2.75, 3.05) is 39.8 Å². The van der Waals surface area contributed by atoms with Crippen LogP contribution in [0.3, 0.4) is 0 Å². The smallest absolute Gasteiger partial charge is 0.191 e. The van der Waals surface area contributed by atoms with Crippen molar-refractivity contribution >= 4 is 5.96 Å². The van der Waals surface area contributed by atoms with Crippen LogP contribution in [0.5, 0.6) is 5.75 Å². The lowest BCUT2D eigenvalue weighted by atomic mass is 10.0. The normalized spacial score (nSPS) is 17.0. The molecule has 30 heavy (non-hydrogen) atoms. The van der Waals surface area contributed by atoms with Crippen molar-refractivity contribution in [3.8, 4) is 5.75 Å². The van der Waals surface area contributed by atoms with Gasteiger partial charge < -0.3 is 15.4 Å². The summed E-state index contributed by atoms with van der Waals surface area (Å²) in [6.07, 6.45) is 6.32.